The molecule has 0 bridgehead atoms. The molecule has 0 aliphatic rings. The second-order valence-electron chi connectivity index (χ2n) is 5.36. The first-order valence-corrected chi connectivity index (χ1v) is 7.85. The van der Waals surface area contributed by atoms with Gasteiger partial charge in [0.1, 0.15) is 18.2 Å². The smallest absolute Gasteiger partial charge is 0.248 e. The standard InChI is InChI=1S/C17H27N5O/c1-6-15(11-16(7-2)18-5)9-8-10-19-17(23)13(3)22-12-20-14(4)21-22/h6,8-10,12-13,16,18H,1,7,11H2,2-5H3,(H,19,23)/b10-8+,15-9+/t13?,16-/m0/s1. The summed E-state index contributed by atoms with van der Waals surface area (Å²) in [6.45, 7) is 9.54. The fourth-order valence-electron chi connectivity index (χ4n) is 2.05. The monoisotopic (exact) mass is 317 g/mol. The van der Waals surface area contributed by atoms with E-state index in [-0.39, 0.29) is 5.91 Å². The average Bonchev–Trinajstić information content (AvgIpc) is 2.99. The van der Waals surface area contributed by atoms with Crippen LogP contribution in [0.3, 0.4) is 0 Å². The summed E-state index contributed by atoms with van der Waals surface area (Å²) in [5, 5.41) is 10.2. The maximum absolute atomic E-state index is 12.0. The number of hydrogen-bond acceptors (Lipinski definition) is 4. The Hall–Kier alpha value is -2.21. The SMILES string of the molecule is C=C/C(=C\C=C\NC(=O)C(C)n1cnc(C)n1)C[C@H](CC)NC. The van der Waals surface area contributed by atoms with Crippen LogP contribution >= 0.6 is 0 Å². The molecule has 2 N–H and O–H groups in total. The van der Waals surface area contributed by atoms with Crippen LogP contribution in [0.15, 0.2) is 42.9 Å². The molecule has 0 saturated heterocycles. The van der Waals surface area contributed by atoms with Crippen LogP contribution < -0.4 is 10.6 Å². The number of aryl methyl sites for hydroxylation is 1. The van der Waals surface area contributed by atoms with Crippen LogP contribution in [-0.2, 0) is 4.79 Å². The topological polar surface area (TPSA) is 71.8 Å². The molecule has 6 nitrogen and oxygen atoms in total. The largest absolute Gasteiger partial charge is 0.331 e. The van der Waals surface area contributed by atoms with Crippen molar-refractivity contribution < 1.29 is 4.79 Å². The van der Waals surface area contributed by atoms with Gasteiger partial charge in [0.2, 0.25) is 5.91 Å². The Morgan fingerprint density at radius 1 is 1.52 bits per heavy atom. The Morgan fingerprint density at radius 2 is 2.26 bits per heavy atom. The molecule has 2 atom stereocenters. The summed E-state index contributed by atoms with van der Waals surface area (Å²) < 4.78 is 1.54. The second kappa shape index (κ2) is 9.74. The highest BCUT2D eigenvalue weighted by atomic mass is 16.2. The van der Waals surface area contributed by atoms with E-state index in [1.807, 2.05) is 25.3 Å². The normalized spacial score (nSPS) is 14.7. The van der Waals surface area contributed by atoms with Gasteiger partial charge >= 0.3 is 0 Å². The van der Waals surface area contributed by atoms with Gasteiger partial charge in [-0.2, -0.15) is 5.10 Å². The van der Waals surface area contributed by atoms with E-state index < -0.39 is 6.04 Å². The third-order valence-corrected chi connectivity index (χ3v) is 3.68. The van der Waals surface area contributed by atoms with Gasteiger partial charge in [0.05, 0.1) is 0 Å². The number of aromatic nitrogens is 3. The van der Waals surface area contributed by atoms with Crippen LogP contribution in [0.5, 0.6) is 0 Å². The summed E-state index contributed by atoms with van der Waals surface area (Å²) in [6.07, 6.45) is 10.8. The third-order valence-electron chi connectivity index (χ3n) is 3.68. The summed E-state index contributed by atoms with van der Waals surface area (Å²) in [4.78, 5) is 16.1. The highest BCUT2D eigenvalue weighted by Crippen LogP contribution is 2.09. The molecule has 0 aromatic carbocycles. The Balaban J connectivity index is 2.54. The first-order chi connectivity index (χ1) is 11.0. The summed E-state index contributed by atoms with van der Waals surface area (Å²) in [7, 11) is 1.96. The number of rotatable bonds is 9. The van der Waals surface area contributed by atoms with Crippen molar-refractivity contribution in [3.05, 3.63) is 48.7 Å². The average molecular weight is 317 g/mol. The Bertz CT molecular complexity index is 569. The van der Waals surface area contributed by atoms with Crippen LogP contribution in [-0.4, -0.2) is 33.8 Å². The van der Waals surface area contributed by atoms with E-state index in [9.17, 15) is 4.79 Å². The van der Waals surface area contributed by atoms with Crippen molar-refractivity contribution >= 4 is 5.91 Å². The first kappa shape index (κ1) is 18.8. The van der Waals surface area contributed by atoms with Crippen LogP contribution in [0.2, 0.25) is 0 Å². The Kier molecular flexibility index (Phi) is 7.97. The van der Waals surface area contributed by atoms with Crippen molar-refractivity contribution in [1.29, 1.82) is 0 Å². The lowest BCUT2D eigenvalue weighted by Crippen LogP contribution is -2.27. The minimum absolute atomic E-state index is 0.138. The second-order valence-corrected chi connectivity index (χ2v) is 5.36. The van der Waals surface area contributed by atoms with Crippen molar-refractivity contribution in [2.24, 2.45) is 0 Å². The van der Waals surface area contributed by atoms with Crippen molar-refractivity contribution in [2.45, 2.75) is 45.7 Å². The minimum atomic E-state index is -0.405. The number of carbonyl (C=O) groups excluding carboxylic acids is 1. The van der Waals surface area contributed by atoms with E-state index in [1.54, 1.807) is 31.1 Å². The lowest BCUT2D eigenvalue weighted by molar-refractivity contribution is -0.123. The lowest BCUT2D eigenvalue weighted by atomic mass is 10.0. The summed E-state index contributed by atoms with van der Waals surface area (Å²) >= 11 is 0. The van der Waals surface area contributed by atoms with Gasteiger partial charge < -0.3 is 10.6 Å². The molecular formula is C17H27N5O. The lowest BCUT2D eigenvalue weighted by Gasteiger charge is -2.13. The molecule has 0 aliphatic heterocycles. The zero-order valence-corrected chi connectivity index (χ0v) is 14.4. The molecule has 0 saturated carbocycles. The van der Waals surface area contributed by atoms with Gasteiger partial charge in [-0.25, -0.2) is 9.67 Å². The van der Waals surface area contributed by atoms with E-state index in [0.717, 1.165) is 18.4 Å². The molecule has 6 heteroatoms. The van der Waals surface area contributed by atoms with Gasteiger partial charge in [-0.05, 0) is 45.4 Å². The van der Waals surface area contributed by atoms with Crippen LogP contribution in [0.1, 0.15) is 38.6 Å². The molecule has 1 amide bonds. The summed E-state index contributed by atoms with van der Waals surface area (Å²) in [5.41, 5.74) is 1.12. The van der Waals surface area contributed by atoms with Gasteiger partial charge in [-0.3, -0.25) is 4.79 Å². The Labute approximate surface area is 138 Å². The number of amides is 1. The number of allylic oxidation sites excluding steroid dienone is 3. The molecule has 0 spiro atoms. The molecule has 0 fully saturated rings. The predicted molar refractivity (Wildman–Crippen MR) is 92.8 cm³/mol. The summed E-state index contributed by atoms with van der Waals surface area (Å²) in [6, 6.07) is 0.0234. The predicted octanol–water partition coefficient (Wildman–Crippen LogP) is 2.28. The maximum Gasteiger partial charge on any atom is 0.248 e. The van der Waals surface area contributed by atoms with E-state index in [1.165, 1.54) is 0 Å². The quantitative estimate of drug-likeness (QED) is 0.685. The third kappa shape index (κ3) is 6.20. The van der Waals surface area contributed by atoms with Gasteiger partial charge in [-0.15, -0.1) is 0 Å². The maximum atomic E-state index is 12.0. The number of nitrogens with one attached hydrogen (secondary N) is 2. The minimum Gasteiger partial charge on any atom is -0.331 e. The summed E-state index contributed by atoms with van der Waals surface area (Å²) in [5.74, 6) is 0.509. The van der Waals surface area contributed by atoms with Gasteiger partial charge in [0.25, 0.3) is 0 Å². The molecule has 0 radical (unpaired) electrons. The van der Waals surface area contributed by atoms with Crippen LogP contribution in [0.4, 0.5) is 0 Å². The van der Waals surface area contributed by atoms with Crippen molar-refractivity contribution in [1.82, 2.24) is 25.4 Å². The molecule has 23 heavy (non-hydrogen) atoms. The molecule has 1 heterocycles. The highest BCUT2D eigenvalue weighted by molar-refractivity contribution is 5.80. The fraction of sp³-hybridized carbons (Fsp3) is 0.471. The molecule has 1 rings (SSSR count). The number of nitrogens with zero attached hydrogens (tertiary/aromatic N) is 3. The molecule has 1 aromatic heterocycles. The number of hydrogen-bond donors (Lipinski definition) is 2. The van der Waals surface area contributed by atoms with Gasteiger partial charge in [0.15, 0.2) is 0 Å². The molecule has 1 unspecified atom stereocenters. The molecule has 126 valence electrons. The first-order valence-electron chi connectivity index (χ1n) is 7.85. The van der Waals surface area contributed by atoms with Crippen molar-refractivity contribution in [3.8, 4) is 0 Å². The van der Waals surface area contributed by atoms with Gasteiger partial charge in [-0.1, -0.05) is 25.7 Å². The van der Waals surface area contributed by atoms with Crippen LogP contribution in [0.25, 0.3) is 0 Å². The van der Waals surface area contributed by atoms with E-state index in [2.05, 4.69) is 34.2 Å². The van der Waals surface area contributed by atoms with E-state index >= 15 is 0 Å². The number of carbonyl (C=O) groups is 1. The zero-order chi connectivity index (χ0) is 17.2. The molecule has 1 aromatic rings. The van der Waals surface area contributed by atoms with E-state index in [4.69, 9.17) is 0 Å². The van der Waals surface area contributed by atoms with Crippen molar-refractivity contribution in [2.75, 3.05) is 7.05 Å². The Morgan fingerprint density at radius 3 is 2.78 bits per heavy atom. The van der Waals surface area contributed by atoms with Crippen molar-refractivity contribution in [3.63, 3.8) is 0 Å². The fourth-order valence-corrected chi connectivity index (χ4v) is 2.05. The molecule has 0 aliphatic carbocycles. The molecular weight excluding hydrogens is 290 g/mol. The highest BCUT2D eigenvalue weighted by Gasteiger charge is 2.14. The van der Waals surface area contributed by atoms with Gasteiger partial charge in [0, 0.05) is 12.2 Å². The zero-order valence-electron chi connectivity index (χ0n) is 14.4. The van der Waals surface area contributed by atoms with Crippen LogP contribution in [0, 0.1) is 6.92 Å². The van der Waals surface area contributed by atoms with E-state index in [0.29, 0.717) is 11.9 Å².